The van der Waals surface area contributed by atoms with Gasteiger partial charge in [-0.05, 0) is 43.9 Å². The molecule has 0 spiro atoms. The van der Waals surface area contributed by atoms with Crippen LogP contribution in [0.3, 0.4) is 0 Å². The van der Waals surface area contributed by atoms with Crippen LogP contribution in [0, 0.1) is 11.7 Å². The predicted molar refractivity (Wildman–Crippen MR) is 117 cm³/mol. The number of hydrogen-bond acceptors (Lipinski definition) is 3. The summed E-state index contributed by atoms with van der Waals surface area (Å²) in [4.78, 5) is 4.81. The van der Waals surface area contributed by atoms with E-state index in [0.29, 0.717) is 48.5 Å². The molecular formula is C22H29FN4O2S. The van der Waals surface area contributed by atoms with E-state index in [2.05, 4.69) is 15.6 Å². The standard InChI is InChI=1S/C22H29FN4O2S/c1-2-24-22(26-17-19-8-6-7-11-21(19)23)25-16-18-12-14-27(15-13-18)30(28,29)20-9-4-3-5-10-20/h3-11,18H,2,12-17H2,1H3,(H2,24,25,26). The summed E-state index contributed by atoms with van der Waals surface area (Å²) in [6, 6.07) is 15.2. The highest BCUT2D eigenvalue weighted by atomic mass is 32.2. The quantitative estimate of drug-likeness (QED) is 0.521. The van der Waals surface area contributed by atoms with Crippen LogP contribution in [0.5, 0.6) is 0 Å². The molecule has 2 N–H and O–H groups in total. The third-order valence-corrected chi connectivity index (χ3v) is 7.14. The van der Waals surface area contributed by atoms with Crippen molar-refractivity contribution in [1.82, 2.24) is 14.9 Å². The van der Waals surface area contributed by atoms with Crippen LogP contribution in [-0.2, 0) is 16.6 Å². The lowest BCUT2D eigenvalue weighted by atomic mass is 9.98. The number of sulfonamides is 1. The Hall–Kier alpha value is -2.45. The Balaban J connectivity index is 1.52. The van der Waals surface area contributed by atoms with Gasteiger partial charge in [0.15, 0.2) is 5.96 Å². The topological polar surface area (TPSA) is 73.8 Å². The van der Waals surface area contributed by atoms with Crippen molar-refractivity contribution in [3.63, 3.8) is 0 Å². The van der Waals surface area contributed by atoms with E-state index >= 15 is 0 Å². The van der Waals surface area contributed by atoms with Gasteiger partial charge in [-0.25, -0.2) is 17.8 Å². The molecule has 0 bridgehead atoms. The molecule has 1 aliphatic rings. The molecule has 162 valence electrons. The van der Waals surface area contributed by atoms with E-state index in [1.165, 1.54) is 6.07 Å². The van der Waals surface area contributed by atoms with Crippen LogP contribution in [0.2, 0.25) is 0 Å². The number of nitrogens with zero attached hydrogens (tertiary/aromatic N) is 2. The monoisotopic (exact) mass is 432 g/mol. The molecule has 1 saturated heterocycles. The molecule has 0 aliphatic carbocycles. The van der Waals surface area contributed by atoms with Gasteiger partial charge in [-0.1, -0.05) is 36.4 Å². The lowest BCUT2D eigenvalue weighted by Crippen LogP contribution is -2.44. The molecule has 0 saturated carbocycles. The van der Waals surface area contributed by atoms with Gasteiger partial charge in [-0.3, -0.25) is 0 Å². The summed E-state index contributed by atoms with van der Waals surface area (Å²) < 4.78 is 40.8. The molecule has 1 fully saturated rings. The fourth-order valence-corrected chi connectivity index (χ4v) is 4.96. The van der Waals surface area contributed by atoms with Gasteiger partial charge >= 0.3 is 0 Å². The number of piperidine rings is 1. The van der Waals surface area contributed by atoms with Gasteiger partial charge in [0.1, 0.15) is 5.82 Å². The second-order valence-corrected chi connectivity index (χ2v) is 9.27. The minimum absolute atomic E-state index is 0.260. The molecule has 2 aromatic rings. The van der Waals surface area contributed by atoms with Crippen LogP contribution >= 0.6 is 0 Å². The van der Waals surface area contributed by atoms with Gasteiger partial charge in [-0.2, -0.15) is 4.31 Å². The summed E-state index contributed by atoms with van der Waals surface area (Å²) in [5.74, 6) is 0.730. The smallest absolute Gasteiger partial charge is 0.243 e. The first-order chi connectivity index (χ1) is 14.5. The summed E-state index contributed by atoms with van der Waals surface area (Å²) in [6.07, 6.45) is 1.57. The number of guanidine groups is 1. The lowest BCUT2D eigenvalue weighted by Gasteiger charge is -2.31. The molecule has 0 atom stereocenters. The van der Waals surface area contributed by atoms with E-state index in [9.17, 15) is 12.8 Å². The summed E-state index contributed by atoms with van der Waals surface area (Å²) in [5.41, 5.74) is 0.550. The molecule has 3 rings (SSSR count). The van der Waals surface area contributed by atoms with Crippen molar-refractivity contribution in [2.24, 2.45) is 10.9 Å². The number of nitrogens with one attached hydrogen (secondary N) is 2. The fourth-order valence-electron chi connectivity index (χ4n) is 3.47. The highest BCUT2D eigenvalue weighted by Crippen LogP contribution is 2.23. The first kappa shape index (κ1) is 22.2. The minimum Gasteiger partial charge on any atom is -0.357 e. The second kappa shape index (κ2) is 10.5. The average molecular weight is 433 g/mol. The van der Waals surface area contributed by atoms with E-state index in [1.807, 2.05) is 13.0 Å². The summed E-state index contributed by atoms with van der Waals surface area (Å²) in [6.45, 7) is 4.65. The van der Waals surface area contributed by atoms with Crippen LogP contribution in [-0.4, -0.2) is 44.9 Å². The van der Waals surface area contributed by atoms with E-state index < -0.39 is 10.0 Å². The van der Waals surface area contributed by atoms with Gasteiger partial charge in [-0.15, -0.1) is 0 Å². The Labute approximate surface area is 178 Å². The molecule has 0 amide bonds. The highest BCUT2D eigenvalue weighted by molar-refractivity contribution is 7.89. The molecule has 2 aromatic carbocycles. The van der Waals surface area contributed by atoms with E-state index in [4.69, 9.17) is 0 Å². The first-order valence-corrected chi connectivity index (χ1v) is 11.8. The van der Waals surface area contributed by atoms with E-state index in [1.54, 1.807) is 46.8 Å². The zero-order chi connectivity index (χ0) is 21.4. The number of hydrogen-bond donors (Lipinski definition) is 2. The van der Waals surface area contributed by atoms with Crippen molar-refractivity contribution in [2.45, 2.75) is 31.2 Å². The van der Waals surface area contributed by atoms with Gasteiger partial charge in [0.25, 0.3) is 0 Å². The molecule has 1 heterocycles. The van der Waals surface area contributed by atoms with Gasteiger partial charge in [0, 0.05) is 31.7 Å². The highest BCUT2D eigenvalue weighted by Gasteiger charge is 2.29. The molecule has 0 radical (unpaired) electrons. The average Bonchev–Trinajstić information content (AvgIpc) is 2.77. The molecule has 1 aliphatic heterocycles. The number of benzene rings is 2. The largest absolute Gasteiger partial charge is 0.357 e. The normalized spacial score (nSPS) is 16.4. The number of halogens is 1. The SMILES string of the molecule is CCNC(=NCc1ccccc1F)NCC1CCN(S(=O)(=O)c2ccccc2)CC1. The van der Waals surface area contributed by atoms with Crippen molar-refractivity contribution in [3.05, 3.63) is 66.0 Å². The van der Waals surface area contributed by atoms with Crippen LogP contribution < -0.4 is 10.6 Å². The molecule has 6 nitrogen and oxygen atoms in total. The predicted octanol–water partition coefficient (Wildman–Crippen LogP) is 2.98. The van der Waals surface area contributed by atoms with Crippen molar-refractivity contribution in [2.75, 3.05) is 26.2 Å². The summed E-state index contributed by atoms with van der Waals surface area (Å²) >= 11 is 0. The third-order valence-electron chi connectivity index (χ3n) is 5.22. The van der Waals surface area contributed by atoms with Crippen molar-refractivity contribution >= 4 is 16.0 Å². The van der Waals surface area contributed by atoms with Crippen LogP contribution in [0.15, 0.2) is 64.5 Å². The Morgan fingerprint density at radius 1 is 1.07 bits per heavy atom. The van der Waals surface area contributed by atoms with Crippen molar-refractivity contribution < 1.29 is 12.8 Å². The molecule has 30 heavy (non-hydrogen) atoms. The van der Waals surface area contributed by atoms with Crippen LogP contribution in [0.1, 0.15) is 25.3 Å². The summed E-state index contributed by atoms with van der Waals surface area (Å²) in [5, 5.41) is 6.49. The number of aliphatic imine (C=N–C) groups is 1. The Kier molecular flexibility index (Phi) is 7.81. The lowest BCUT2D eigenvalue weighted by molar-refractivity contribution is 0.273. The molecule has 0 unspecified atom stereocenters. The molecular weight excluding hydrogens is 403 g/mol. The molecule has 8 heteroatoms. The zero-order valence-corrected chi connectivity index (χ0v) is 18.0. The zero-order valence-electron chi connectivity index (χ0n) is 17.2. The van der Waals surface area contributed by atoms with Crippen molar-refractivity contribution in [1.29, 1.82) is 0 Å². The maximum Gasteiger partial charge on any atom is 0.243 e. The van der Waals surface area contributed by atoms with Crippen LogP contribution in [0.25, 0.3) is 0 Å². The van der Waals surface area contributed by atoms with Crippen LogP contribution in [0.4, 0.5) is 4.39 Å². The maximum absolute atomic E-state index is 13.8. The maximum atomic E-state index is 13.8. The minimum atomic E-state index is -3.43. The van der Waals surface area contributed by atoms with Gasteiger partial charge in [0.05, 0.1) is 11.4 Å². The van der Waals surface area contributed by atoms with Gasteiger partial charge in [0.2, 0.25) is 10.0 Å². The van der Waals surface area contributed by atoms with E-state index in [0.717, 1.165) is 12.8 Å². The Bertz CT molecular complexity index is 943. The number of rotatable bonds is 7. The first-order valence-electron chi connectivity index (χ1n) is 10.3. The Morgan fingerprint density at radius 3 is 2.40 bits per heavy atom. The van der Waals surface area contributed by atoms with Gasteiger partial charge < -0.3 is 10.6 Å². The second-order valence-electron chi connectivity index (χ2n) is 7.33. The van der Waals surface area contributed by atoms with Crippen molar-refractivity contribution in [3.8, 4) is 0 Å². The molecule has 0 aromatic heterocycles. The third kappa shape index (κ3) is 5.79. The Morgan fingerprint density at radius 2 is 1.73 bits per heavy atom. The fraction of sp³-hybridized carbons (Fsp3) is 0.409. The summed E-state index contributed by atoms with van der Waals surface area (Å²) in [7, 11) is -3.43. The van der Waals surface area contributed by atoms with E-state index in [-0.39, 0.29) is 12.4 Å².